The predicted molar refractivity (Wildman–Crippen MR) is 65.9 cm³/mol. The summed E-state index contributed by atoms with van der Waals surface area (Å²) in [7, 11) is 0. The number of pyridine rings is 1. The van der Waals surface area contributed by atoms with Gasteiger partial charge in [0, 0.05) is 11.8 Å². The number of anilines is 2. The van der Waals surface area contributed by atoms with Crippen molar-refractivity contribution in [2.24, 2.45) is 0 Å². The molecule has 1 heterocycles. The molecule has 3 rings (SSSR count). The van der Waals surface area contributed by atoms with E-state index in [0.29, 0.717) is 11.8 Å². The van der Waals surface area contributed by atoms with Crippen molar-refractivity contribution in [3.8, 4) is 0 Å². The standard InChI is InChI=1S/C14H11F3N2/c15-11-7-12(16)14(19-13(11)17)18-10-5-4-8-2-1-3-9(8)6-10/h4-7H,1-3H2,(H,18,19). The Labute approximate surface area is 108 Å². The maximum absolute atomic E-state index is 13.5. The summed E-state index contributed by atoms with van der Waals surface area (Å²) >= 11 is 0. The number of fused-ring (bicyclic) bond motifs is 1. The van der Waals surface area contributed by atoms with E-state index in [1.54, 1.807) is 6.07 Å². The Bertz CT molecular complexity index is 641. The van der Waals surface area contributed by atoms with Crippen molar-refractivity contribution in [2.75, 3.05) is 5.32 Å². The minimum atomic E-state index is -1.31. The van der Waals surface area contributed by atoms with Crippen molar-refractivity contribution in [1.29, 1.82) is 0 Å². The van der Waals surface area contributed by atoms with Gasteiger partial charge in [-0.2, -0.15) is 9.37 Å². The topological polar surface area (TPSA) is 24.9 Å². The highest BCUT2D eigenvalue weighted by molar-refractivity contribution is 5.59. The van der Waals surface area contributed by atoms with Crippen LogP contribution in [0.25, 0.3) is 0 Å². The van der Waals surface area contributed by atoms with E-state index in [0.717, 1.165) is 19.3 Å². The first-order valence-corrected chi connectivity index (χ1v) is 6.04. The van der Waals surface area contributed by atoms with Crippen LogP contribution >= 0.6 is 0 Å². The van der Waals surface area contributed by atoms with Crippen LogP contribution in [0.5, 0.6) is 0 Å². The molecule has 5 heteroatoms. The smallest absolute Gasteiger partial charge is 0.251 e. The van der Waals surface area contributed by atoms with Crippen LogP contribution in [0.15, 0.2) is 24.3 Å². The van der Waals surface area contributed by atoms with E-state index in [-0.39, 0.29) is 5.82 Å². The molecule has 0 radical (unpaired) electrons. The Morgan fingerprint density at radius 3 is 2.58 bits per heavy atom. The fraction of sp³-hybridized carbons (Fsp3) is 0.214. The van der Waals surface area contributed by atoms with Gasteiger partial charge in [-0.25, -0.2) is 8.78 Å². The number of nitrogens with zero attached hydrogens (tertiary/aromatic N) is 1. The molecule has 19 heavy (non-hydrogen) atoms. The fourth-order valence-electron chi connectivity index (χ4n) is 2.32. The Morgan fingerprint density at radius 2 is 1.74 bits per heavy atom. The van der Waals surface area contributed by atoms with E-state index in [4.69, 9.17) is 0 Å². The Hall–Kier alpha value is -2.04. The van der Waals surface area contributed by atoms with Crippen molar-refractivity contribution in [3.63, 3.8) is 0 Å². The van der Waals surface area contributed by atoms with E-state index in [2.05, 4.69) is 10.3 Å². The lowest BCUT2D eigenvalue weighted by Crippen LogP contribution is -2.02. The third kappa shape index (κ3) is 2.28. The lowest BCUT2D eigenvalue weighted by Gasteiger charge is -2.09. The molecule has 0 spiro atoms. The Morgan fingerprint density at radius 1 is 0.947 bits per heavy atom. The van der Waals surface area contributed by atoms with Crippen LogP contribution in [-0.2, 0) is 12.8 Å². The van der Waals surface area contributed by atoms with Gasteiger partial charge >= 0.3 is 0 Å². The number of benzene rings is 1. The molecule has 1 aromatic carbocycles. The number of aromatic nitrogens is 1. The van der Waals surface area contributed by atoms with Gasteiger partial charge < -0.3 is 5.32 Å². The molecule has 1 aliphatic carbocycles. The van der Waals surface area contributed by atoms with E-state index in [9.17, 15) is 13.2 Å². The third-order valence-corrected chi connectivity index (χ3v) is 3.25. The summed E-state index contributed by atoms with van der Waals surface area (Å²) in [5.74, 6) is -3.83. The number of halogens is 3. The van der Waals surface area contributed by atoms with Gasteiger partial charge in [0.2, 0.25) is 0 Å². The highest BCUT2D eigenvalue weighted by Crippen LogP contribution is 2.27. The van der Waals surface area contributed by atoms with E-state index in [1.807, 2.05) is 12.1 Å². The molecular weight excluding hydrogens is 253 g/mol. The van der Waals surface area contributed by atoms with Gasteiger partial charge in [-0.1, -0.05) is 6.07 Å². The summed E-state index contributed by atoms with van der Waals surface area (Å²) in [6.07, 6.45) is 3.14. The number of aryl methyl sites for hydroxylation is 2. The van der Waals surface area contributed by atoms with Crippen molar-refractivity contribution in [2.45, 2.75) is 19.3 Å². The zero-order chi connectivity index (χ0) is 13.4. The first-order chi connectivity index (χ1) is 9.13. The van der Waals surface area contributed by atoms with Gasteiger partial charge in [-0.15, -0.1) is 0 Å². The van der Waals surface area contributed by atoms with Crippen LogP contribution in [0.1, 0.15) is 17.5 Å². The summed E-state index contributed by atoms with van der Waals surface area (Å²) in [5, 5.41) is 2.68. The van der Waals surface area contributed by atoms with Crippen LogP contribution in [-0.4, -0.2) is 4.98 Å². The molecule has 0 saturated carbocycles. The molecule has 0 bridgehead atoms. The number of nitrogens with one attached hydrogen (secondary N) is 1. The zero-order valence-corrected chi connectivity index (χ0v) is 10.0. The Balaban J connectivity index is 1.91. The van der Waals surface area contributed by atoms with Gasteiger partial charge in [0.15, 0.2) is 17.5 Å². The average molecular weight is 264 g/mol. The molecule has 0 fully saturated rings. The van der Waals surface area contributed by atoms with Crippen molar-refractivity contribution < 1.29 is 13.2 Å². The van der Waals surface area contributed by atoms with Gasteiger partial charge in [0.1, 0.15) is 0 Å². The average Bonchev–Trinajstić information content (AvgIpc) is 2.83. The molecule has 1 aliphatic rings. The second kappa shape index (κ2) is 4.57. The normalized spacial score (nSPS) is 13.4. The molecule has 0 aliphatic heterocycles. The quantitative estimate of drug-likeness (QED) is 0.836. The molecule has 1 N–H and O–H groups in total. The molecule has 98 valence electrons. The molecule has 0 unspecified atom stereocenters. The minimum Gasteiger partial charge on any atom is -0.338 e. The highest BCUT2D eigenvalue weighted by Gasteiger charge is 2.14. The Kier molecular flexibility index (Phi) is 2.89. The lowest BCUT2D eigenvalue weighted by atomic mass is 10.1. The molecule has 0 saturated heterocycles. The van der Waals surface area contributed by atoms with E-state index in [1.165, 1.54) is 11.1 Å². The second-order valence-electron chi connectivity index (χ2n) is 4.55. The number of hydrogen-bond donors (Lipinski definition) is 1. The van der Waals surface area contributed by atoms with Crippen molar-refractivity contribution in [1.82, 2.24) is 4.98 Å². The molecule has 2 nitrogen and oxygen atoms in total. The van der Waals surface area contributed by atoms with E-state index < -0.39 is 17.6 Å². The molecule has 1 aromatic heterocycles. The number of rotatable bonds is 2. The largest absolute Gasteiger partial charge is 0.338 e. The molecular formula is C14H11F3N2. The molecule has 0 atom stereocenters. The van der Waals surface area contributed by atoms with Gasteiger partial charge in [0.25, 0.3) is 5.95 Å². The lowest BCUT2D eigenvalue weighted by molar-refractivity contribution is 0.467. The SMILES string of the molecule is Fc1cc(F)c(Nc2ccc3c(c2)CCC3)nc1F. The maximum Gasteiger partial charge on any atom is 0.251 e. The highest BCUT2D eigenvalue weighted by atomic mass is 19.2. The first kappa shape index (κ1) is 12.0. The molecule has 0 amide bonds. The third-order valence-electron chi connectivity index (χ3n) is 3.25. The fourth-order valence-corrected chi connectivity index (χ4v) is 2.32. The van der Waals surface area contributed by atoms with Gasteiger partial charge in [-0.3, -0.25) is 0 Å². The first-order valence-electron chi connectivity index (χ1n) is 6.04. The summed E-state index contributed by atoms with van der Waals surface area (Å²) in [4.78, 5) is 3.23. The van der Waals surface area contributed by atoms with Crippen LogP contribution in [0.4, 0.5) is 24.7 Å². The minimum absolute atomic E-state index is 0.308. The maximum atomic E-state index is 13.5. The van der Waals surface area contributed by atoms with Gasteiger partial charge in [0.05, 0.1) is 0 Å². The van der Waals surface area contributed by atoms with Crippen LogP contribution in [0, 0.1) is 17.6 Å². The van der Waals surface area contributed by atoms with Crippen LogP contribution in [0.3, 0.4) is 0 Å². The summed E-state index contributed by atoms with van der Waals surface area (Å²) < 4.78 is 39.2. The van der Waals surface area contributed by atoms with Crippen molar-refractivity contribution in [3.05, 3.63) is 53.0 Å². The van der Waals surface area contributed by atoms with Crippen LogP contribution in [0.2, 0.25) is 0 Å². The number of hydrogen-bond acceptors (Lipinski definition) is 2. The summed E-state index contributed by atoms with van der Waals surface area (Å²) in [6, 6.07) is 6.12. The van der Waals surface area contributed by atoms with Crippen LogP contribution < -0.4 is 5.32 Å². The van der Waals surface area contributed by atoms with Gasteiger partial charge in [-0.05, 0) is 42.5 Å². The second-order valence-corrected chi connectivity index (χ2v) is 4.55. The monoisotopic (exact) mass is 264 g/mol. The summed E-state index contributed by atoms with van der Waals surface area (Å²) in [5.41, 5.74) is 3.11. The predicted octanol–water partition coefficient (Wildman–Crippen LogP) is 3.73. The summed E-state index contributed by atoms with van der Waals surface area (Å²) in [6.45, 7) is 0. The van der Waals surface area contributed by atoms with Crippen molar-refractivity contribution >= 4 is 11.5 Å². The molecule has 2 aromatic rings. The zero-order valence-electron chi connectivity index (χ0n) is 10.0. The van der Waals surface area contributed by atoms with E-state index >= 15 is 0 Å².